The maximum absolute atomic E-state index is 12.9. The molecule has 0 radical (unpaired) electrons. The summed E-state index contributed by atoms with van der Waals surface area (Å²) in [5.74, 6) is 1.02. The largest absolute Gasteiger partial charge is 0.348 e. The number of aromatic nitrogens is 1. The van der Waals surface area contributed by atoms with Crippen LogP contribution in [0.25, 0.3) is 10.9 Å². The van der Waals surface area contributed by atoms with Crippen molar-refractivity contribution in [2.24, 2.45) is 0 Å². The van der Waals surface area contributed by atoms with Gasteiger partial charge in [-0.05, 0) is 79.1 Å². The predicted octanol–water partition coefficient (Wildman–Crippen LogP) is 7.42. The third-order valence-electron chi connectivity index (χ3n) is 6.26. The molecule has 0 fully saturated rings. The molecule has 0 aliphatic heterocycles. The van der Waals surface area contributed by atoms with Crippen LogP contribution in [0, 0.1) is 0 Å². The molecule has 1 N–H and O–H groups in total. The molecule has 3 aromatic carbocycles. The highest BCUT2D eigenvalue weighted by molar-refractivity contribution is 7.99. The molecule has 4 rings (SSSR count). The van der Waals surface area contributed by atoms with Gasteiger partial charge in [0.2, 0.25) is 0 Å². The lowest BCUT2D eigenvalue weighted by molar-refractivity contribution is 0.0951. The molecule has 34 heavy (non-hydrogen) atoms. The first-order chi connectivity index (χ1) is 16.5. The lowest BCUT2D eigenvalue weighted by Crippen LogP contribution is -2.22. The van der Waals surface area contributed by atoms with Gasteiger partial charge in [-0.2, -0.15) is 0 Å². The summed E-state index contributed by atoms with van der Waals surface area (Å²) < 4.78 is 2.40. The van der Waals surface area contributed by atoms with Gasteiger partial charge in [-0.3, -0.25) is 4.79 Å². The third-order valence-corrected chi connectivity index (χ3v) is 7.15. The number of rotatable bonds is 9. The number of hydrogen-bond acceptors (Lipinski definition) is 2. The number of thioether (sulfide) groups is 1. The van der Waals surface area contributed by atoms with E-state index in [0.717, 1.165) is 29.5 Å². The van der Waals surface area contributed by atoms with Crippen LogP contribution in [0.1, 0.15) is 66.5 Å². The van der Waals surface area contributed by atoms with Gasteiger partial charge in [0.1, 0.15) is 0 Å². The van der Waals surface area contributed by atoms with Gasteiger partial charge in [0.25, 0.3) is 5.91 Å². The van der Waals surface area contributed by atoms with E-state index in [9.17, 15) is 4.79 Å². The van der Waals surface area contributed by atoms with Gasteiger partial charge in [0, 0.05) is 46.1 Å². The molecule has 0 atom stereocenters. The van der Waals surface area contributed by atoms with Crippen molar-refractivity contribution in [1.82, 2.24) is 9.88 Å². The first kappa shape index (κ1) is 24.2. The molecule has 176 valence electrons. The molecule has 1 amide bonds. The number of nitrogens with zero attached hydrogens (tertiary/aromatic N) is 1. The minimum Gasteiger partial charge on any atom is -0.348 e. The first-order valence-electron chi connectivity index (χ1n) is 12.2. The fraction of sp³-hybridized carbons (Fsp3) is 0.300. The monoisotopic (exact) mass is 470 g/mol. The highest BCUT2D eigenvalue weighted by Crippen LogP contribution is 2.28. The van der Waals surface area contributed by atoms with Gasteiger partial charge in [-0.1, -0.05) is 50.2 Å². The molecule has 4 heteroatoms. The molecule has 0 saturated carbocycles. The van der Waals surface area contributed by atoms with Crippen molar-refractivity contribution < 1.29 is 4.79 Å². The van der Waals surface area contributed by atoms with Gasteiger partial charge in [-0.15, -0.1) is 11.8 Å². The smallest absolute Gasteiger partial charge is 0.251 e. The summed E-state index contributed by atoms with van der Waals surface area (Å²) in [6.07, 6.45) is 1.92. The summed E-state index contributed by atoms with van der Waals surface area (Å²) in [7, 11) is 0. The predicted molar refractivity (Wildman–Crippen MR) is 145 cm³/mol. The number of carbonyl (C=O) groups excluding carboxylic acids is 1. The van der Waals surface area contributed by atoms with E-state index in [1.54, 1.807) is 0 Å². The minimum atomic E-state index is -0.0379. The van der Waals surface area contributed by atoms with Crippen molar-refractivity contribution in [3.05, 3.63) is 101 Å². The number of fused-ring (bicyclic) bond motifs is 1. The lowest BCUT2D eigenvalue weighted by atomic mass is 10.0. The zero-order valence-corrected chi connectivity index (χ0v) is 21.4. The first-order valence-corrected chi connectivity index (χ1v) is 13.2. The number of amides is 1. The molecule has 0 spiro atoms. The number of aryl methyl sites for hydroxylation is 1. The van der Waals surface area contributed by atoms with Crippen LogP contribution >= 0.6 is 11.8 Å². The van der Waals surface area contributed by atoms with E-state index in [4.69, 9.17) is 0 Å². The Bertz CT molecular complexity index is 1270. The van der Waals surface area contributed by atoms with Crippen LogP contribution in [0.5, 0.6) is 0 Å². The van der Waals surface area contributed by atoms with Crippen molar-refractivity contribution in [1.29, 1.82) is 0 Å². The van der Waals surface area contributed by atoms with E-state index in [2.05, 4.69) is 98.2 Å². The third kappa shape index (κ3) is 5.39. The van der Waals surface area contributed by atoms with Gasteiger partial charge in [0.15, 0.2) is 0 Å². The molecule has 0 unspecified atom stereocenters. The van der Waals surface area contributed by atoms with Crippen LogP contribution in [-0.2, 0) is 19.4 Å². The van der Waals surface area contributed by atoms with Gasteiger partial charge < -0.3 is 9.88 Å². The Morgan fingerprint density at radius 3 is 2.35 bits per heavy atom. The second kappa shape index (κ2) is 11.0. The summed E-state index contributed by atoms with van der Waals surface area (Å²) in [5, 5.41) is 4.19. The number of carbonyl (C=O) groups is 1. The second-order valence-corrected chi connectivity index (χ2v) is 10.3. The Balaban J connectivity index is 1.55. The van der Waals surface area contributed by atoms with Crippen LogP contribution in [0.4, 0.5) is 0 Å². The number of benzene rings is 3. The molecule has 0 bridgehead atoms. The minimum absolute atomic E-state index is 0.0379. The fourth-order valence-electron chi connectivity index (χ4n) is 4.61. The van der Waals surface area contributed by atoms with Crippen LogP contribution < -0.4 is 5.32 Å². The van der Waals surface area contributed by atoms with Gasteiger partial charge in [0.05, 0.1) is 0 Å². The SMILES string of the molecule is CCSc1ccc(CNC(=O)c2ccc3c(c2)cc(Cc2ccccc2CC)n3C(C)C)cc1. The van der Waals surface area contributed by atoms with Crippen molar-refractivity contribution >= 4 is 28.6 Å². The highest BCUT2D eigenvalue weighted by Gasteiger charge is 2.15. The number of nitrogens with one attached hydrogen (secondary N) is 1. The standard InChI is InChI=1S/C30H34N2OS/c1-5-23-9-7-8-10-24(23)18-27-19-26-17-25(13-16-29(26)32(27)21(3)4)30(33)31-20-22-11-14-28(15-12-22)34-6-2/h7-17,19,21H,5-6,18,20H2,1-4H3,(H,31,33). The zero-order valence-electron chi connectivity index (χ0n) is 20.6. The molecule has 1 aromatic heterocycles. The second-order valence-electron chi connectivity index (χ2n) is 8.93. The summed E-state index contributed by atoms with van der Waals surface area (Å²) in [5.41, 5.74) is 7.04. The summed E-state index contributed by atoms with van der Waals surface area (Å²) in [6.45, 7) is 9.33. The summed E-state index contributed by atoms with van der Waals surface area (Å²) in [6, 6.07) is 25.8. The Morgan fingerprint density at radius 2 is 1.68 bits per heavy atom. The van der Waals surface area contributed by atoms with Crippen molar-refractivity contribution in [3.63, 3.8) is 0 Å². The van der Waals surface area contributed by atoms with E-state index >= 15 is 0 Å². The van der Waals surface area contributed by atoms with Crippen LogP contribution in [-0.4, -0.2) is 16.2 Å². The topological polar surface area (TPSA) is 34.0 Å². The Hall–Kier alpha value is -2.98. The Kier molecular flexibility index (Phi) is 7.79. The van der Waals surface area contributed by atoms with E-state index in [1.165, 1.54) is 27.2 Å². The summed E-state index contributed by atoms with van der Waals surface area (Å²) >= 11 is 1.82. The molecule has 4 aromatic rings. The average molecular weight is 471 g/mol. The Morgan fingerprint density at radius 1 is 0.941 bits per heavy atom. The maximum atomic E-state index is 12.9. The van der Waals surface area contributed by atoms with Crippen molar-refractivity contribution in [2.75, 3.05) is 5.75 Å². The van der Waals surface area contributed by atoms with Gasteiger partial charge >= 0.3 is 0 Å². The van der Waals surface area contributed by atoms with E-state index in [-0.39, 0.29) is 5.91 Å². The van der Waals surface area contributed by atoms with E-state index < -0.39 is 0 Å². The molecule has 3 nitrogen and oxygen atoms in total. The number of hydrogen-bond donors (Lipinski definition) is 1. The normalized spacial score (nSPS) is 11.3. The molecule has 0 aliphatic rings. The zero-order chi connectivity index (χ0) is 24.1. The van der Waals surface area contributed by atoms with Crippen molar-refractivity contribution in [2.45, 2.75) is 58.0 Å². The molecule has 0 saturated heterocycles. The van der Waals surface area contributed by atoms with Gasteiger partial charge in [-0.25, -0.2) is 0 Å². The quantitative estimate of drug-likeness (QED) is 0.258. The van der Waals surface area contributed by atoms with Crippen LogP contribution in [0.3, 0.4) is 0 Å². The highest BCUT2D eigenvalue weighted by atomic mass is 32.2. The Labute approximate surface area is 207 Å². The molecule has 0 aliphatic carbocycles. The van der Waals surface area contributed by atoms with E-state index in [0.29, 0.717) is 18.2 Å². The summed E-state index contributed by atoms with van der Waals surface area (Å²) in [4.78, 5) is 14.2. The van der Waals surface area contributed by atoms with Crippen LogP contribution in [0.2, 0.25) is 0 Å². The lowest BCUT2D eigenvalue weighted by Gasteiger charge is -2.16. The fourth-order valence-corrected chi connectivity index (χ4v) is 5.27. The van der Waals surface area contributed by atoms with Crippen LogP contribution in [0.15, 0.2) is 77.7 Å². The molecular formula is C30H34N2OS. The molecular weight excluding hydrogens is 436 g/mol. The van der Waals surface area contributed by atoms with Crippen molar-refractivity contribution in [3.8, 4) is 0 Å². The average Bonchev–Trinajstić information content (AvgIpc) is 3.21. The maximum Gasteiger partial charge on any atom is 0.251 e. The molecule has 1 heterocycles. The van der Waals surface area contributed by atoms with E-state index in [1.807, 2.05) is 23.9 Å².